The molecule has 2 aromatic heterocycles. The summed E-state index contributed by atoms with van der Waals surface area (Å²) in [6, 6.07) is 2.52. The van der Waals surface area contributed by atoms with E-state index in [-0.39, 0.29) is 11.1 Å². The van der Waals surface area contributed by atoms with Crippen LogP contribution in [0, 0.1) is 23.5 Å². The summed E-state index contributed by atoms with van der Waals surface area (Å²) in [5, 5.41) is 1.81. The lowest BCUT2D eigenvalue weighted by molar-refractivity contribution is 0.606. The van der Waals surface area contributed by atoms with Crippen molar-refractivity contribution in [2.75, 3.05) is 0 Å². The first-order valence-corrected chi connectivity index (χ1v) is 12.2. The van der Waals surface area contributed by atoms with E-state index in [4.69, 9.17) is 0 Å². The lowest BCUT2D eigenvalue weighted by Crippen LogP contribution is -1.92. The fraction of sp³-hybridized carbons (Fsp3) is 0.400. The number of aromatic nitrogens is 2. The first-order chi connectivity index (χ1) is 13.2. The summed E-state index contributed by atoms with van der Waals surface area (Å²) in [5.74, 6) is -0.0535. The Morgan fingerprint density at radius 1 is 0.786 bits per heavy atom. The van der Waals surface area contributed by atoms with Crippen molar-refractivity contribution in [3.63, 3.8) is 0 Å². The molecular weight excluding hydrogens is 530 g/mol. The van der Waals surface area contributed by atoms with E-state index in [2.05, 4.69) is 69.5 Å². The van der Waals surface area contributed by atoms with Crippen LogP contribution in [0.2, 0.25) is 0 Å². The summed E-state index contributed by atoms with van der Waals surface area (Å²) in [7, 11) is 0. The molecule has 0 spiro atoms. The molecule has 2 nitrogen and oxygen atoms in total. The molecule has 3 aromatic rings. The van der Waals surface area contributed by atoms with Crippen molar-refractivity contribution in [3.05, 3.63) is 43.0 Å². The Morgan fingerprint density at radius 3 is 1.46 bits per heavy atom. The molecule has 8 heteroatoms. The molecule has 0 aliphatic heterocycles. The highest BCUT2D eigenvalue weighted by molar-refractivity contribution is 9.10. The van der Waals surface area contributed by atoms with Gasteiger partial charge in [-0.3, -0.25) is 0 Å². The Labute approximate surface area is 188 Å². The Morgan fingerprint density at radius 2 is 1.14 bits per heavy atom. The van der Waals surface area contributed by atoms with Gasteiger partial charge in [0.25, 0.3) is 0 Å². The Kier molecular flexibility index (Phi) is 7.05. The van der Waals surface area contributed by atoms with Gasteiger partial charge in [-0.15, -0.1) is 22.7 Å². The number of hydrogen-bond acceptors (Lipinski definition) is 4. The summed E-state index contributed by atoms with van der Waals surface area (Å²) >= 11 is 9.59. The minimum absolute atomic E-state index is 0.226. The molecule has 0 saturated heterocycles. The minimum Gasteiger partial charge on any atom is -0.234 e. The lowest BCUT2D eigenvalue weighted by atomic mass is 10.1. The molecule has 0 atom stereocenters. The zero-order valence-electron chi connectivity index (χ0n) is 15.9. The van der Waals surface area contributed by atoms with Crippen molar-refractivity contribution >= 4 is 54.5 Å². The standard InChI is InChI=1S/C20H20Br2F2N2S2/c1-9(2)5-15-25-19(21)17(27-15)11-7-14(24)12(8-13(11)23)18-20(22)26-16(28-18)6-10(3)4/h7-10H,5-6H2,1-4H3. The van der Waals surface area contributed by atoms with Crippen molar-refractivity contribution in [2.45, 2.75) is 40.5 Å². The Hall–Kier alpha value is -0.700. The van der Waals surface area contributed by atoms with Gasteiger partial charge in [0.1, 0.15) is 20.8 Å². The van der Waals surface area contributed by atoms with Gasteiger partial charge in [-0.2, -0.15) is 0 Å². The van der Waals surface area contributed by atoms with Gasteiger partial charge in [-0.1, -0.05) is 27.7 Å². The van der Waals surface area contributed by atoms with Crippen molar-refractivity contribution in [1.29, 1.82) is 0 Å². The maximum Gasteiger partial charge on any atom is 0.132 e. The smallest absolute Gasteiger partial charge is 0.132 e. The molecule has 0 radical (unpaired) electrons. The number of nitrogens with zero attached hydrogens (tertiary/aromatic N) is 2. The monoisotopic (exact) mass is 548 g/mol. The summed E-state index contributed by atoms with van der Waals surface area (Å²) in [4.78, 5) is 10.1. The predicted molar refractivity (Wildman–Crippen MR) is 121 cm³/mol. The molecular formula is C20H20Br2F2N2S2. The summed E-state index contributed by atoms with van der Waals surface area (Å²) < 4.78 is 31.0. The second kappa shape index (κ2) is 8.98. The van der Waals surface area contributed by atoms with Gasteiger partial charge in [0.2, 0.25) is 0 Å². The average molecular weight is 550 g/mol. The van der Waals surface area contributed by atoms with E-state index in [0.717, 1.165) is 22.9 Å². The fourth-order valence-corrected chi connectivity index (χ4v) is 6.73. The van der Waals surface area contributed by atoms with E-state index in [1.807, 2.05) is 0 Å². The highest BCUT2D eigenvalue weighted by Gasteiger charge is 2.21. The normalized spacial score (nSPS) is 11.8. The quantitative estimate of drug-likeness (QED) is 0.310. The topological polar surface area (TPSA) is 25.8 Å². The van der Waals surface area contributed by atoms with E-state index < -0.39 is 11.6 Å². The first-order valence-electron chi connectivity index (χ1n) is 8.95. The molecule has 0 fully saturated rings. The van der Waals surface area contributed by atoms with Crippen molar-refractivity contribution in [3.8, 4) is 20.9 Å². The van der Waals surface area contributed by atoms with Crippen molar-refractivity contribution in [1.82, 2.24) is 9.97 Å². The molecule has 28 heavy (non-hydrogen) atoms. The van der Waals surface area contributed by atoms with Crippen LogP contribution in [0.3, 0.4) is 0 Å². The van der Waals surface area contributed by atoms with Crippen LogP contribution < -0.4 is 0 Å². The third-order valence-electron chi connectivity index (χ3n) is 3.97. The highest BCUT2D eigenvalue weighted by Crippen LogP contribution is 2.41. The number of benzene rings is 1. The zero-order chi connectivity index (χ0) is 20.6. The third-order valence-corrected chi connectivity index (χ3v) is 7.87. The lowest BCUT2D eigenvalue weighted by Gasteiger charge is -2.06. The van der Waals surface area contributed by atoms with Gasteiger partial charge in [0.15, 0.2) is 0 Å². The fourth-order valence-electron chi connectivity index (χ4n) is 2.79. The molecule has 2 heterocycles. The molecule has 150 valence electrons. The van der Waals surface area contributed by atoms with E-state index in [9.17, 15) is 8.78 Å². The van der Waals surface area contributed by atoms with Crippen LogP contribution in [0.1, 0.15) is 37.7 Å². The number of halogens is 4. The van der Waals surface area contributed by atoms with Gasteiger partial charge in [0, 0.05) is 24.0 Å². The molecule has 0 bridgehead atoms. The van der Waals surface area contributed by atoms with E-state index in [1.165, 1.54) is 34.8 Å². The molecule has 0 saturated carbocycles. The average Bonchev–Trinajstić information content (AvgIpc) is 3.10. The summed E-state index contributed by atoms with van der Waals surface area (Å²) in [6.07, 6.45) is 1.61. The van der Waals surface area contributed by atoms with Gasteiger partial charge < -0.3 is 0 Å². The van der Waals surface area contributed by atoms with Crippen LogP contribution in [0.25, 0.3) is 20.9 Å². The van der Waals surface area contributed by atoms with Crippen LogP contribution >= 0.6 is 54.5 Å². The second-order valence-corrected chi connectivity index (χ2v) is 11.1. The van der Waals surface area contributed by atoms with E-state index in [1.54, 1.807) is 0 Å². The second-order valence-electron chi connectivity index (χ2n) is 7.46. The third kappa shape index (κ3) is 4.89. The summed E-state index contributed by atoms with van der Waals surface area (Å²) in [6.45, 7) is 8.41. The Bertz CT molecular complexity index is 916. The zero-order valence-corrected chi connectivity index (χ0v) is 20.8. The summed E-state index contributed by atoms with van der Waals surface area (Å²) in [5.41, 5.74) is 0.451. The molecule has 0 N–H and O–H groups in total. The van der Waals surface area contributed by atoms with Crippen LogP contribution in [0.15, 0.2) is 21.3 Å². The molecule has 0 unspecified atom stereocenters. The highest BCUT2D eigenvalue weighted by atomic mass is 79.9. The number of hydrogen-bond donors (Lipinski definition) is 0. The first kappa shape index (κ1) is 22.0. The molecule has 0 aliphatic carbocycles. The number of rotatable bonds is 6. The van der Waals surface area contributed by atoms with Crippen LogP contribution in [-0.4, -0.2) is 9.97 Å². The number of thiazole rings is 2. The van der Waals surface area contributed by atoms with Gasteiger partial charge in [0.05, 0.1) is 19.8 Å². The van der Waals surface area contributed by atoms with Crippen LogP contribution in [-0.2, 0) is 12.8 Å². The molecule has 0 amide bonds. The van der Waals surface area contributed by atoms with Crippen LogP contribution in [0.4, 0.5) is 8.78 Å². The van der Waals surface area contributed by atoms with Gasteiger partial charge >= 0.3 is 0 Å². The maximum absolute atomic E-state index is 15.0. The maximum atomic E-state index is 15.0. The predicted octanol–water partition coefficient (Wildman–Crippen LogP) is 8.13. The van der Waals surface area contributed by atoms with E-state index >= 15 is 0 Å². The largest absolute Gasteiger partial charge is 0.234 e. The minimum atomic E-state index is -0.470. The van der Waals surface area contributed by atoms with E-state index in [0.29, 0.717) is 30.8 Å². The Balaban J connectivity index is 2.01. The molecule has 3 rings (SSSR count). The van der Waals surface area contributed by atoms with Gasteiger partial charge in [-0.25, -0.2) is 18.7 Å². The molecule has 0 aliphatic rings. The molecule has 1 aromatic carbocycles. The SMILES string of the molecule is CC(C)Cc1nc(Br)c(-c2cc(F)c(-c3sc(CC(C)C)nc3Br)cc2F)s1. The van der Waals surface area contributed by atoms with Gasteiger partial charge in [-0.05, 0) is 55.8 Å². The van der Waals surface area contributed by atoms with Crippen molar-refractivity contribution < 1.29 is 8.78 Å². The van der Waals surface area contributed by atoms with Crippen LogP contribution in [0.5, 0.6) is 0 Å². The van der Waals surface area contributed by atoms with Crippen molar-refractivity contribution in [2.24, 2.45) is 11.8 Å².